The Hall–Kier alpha value is -2.14. The molecule has 0 spiro atoms. The molecule has 0 amide bonds. The van der Waals surface area contributed by atoms with E-state index >= 15 is 0 Å². The third kappa shape index (κ3) is 1.82. The lowest BCUT2D eigenvalue weighted by atomic mass is 9.92. The molecule has 5 heteroatoms. The molecule has 3 rings (SSSR count). The summed E-state index contributed by atoms with van der Waals surface area (Å²) in [6.07, 6.45) is -0.559. The molecule has 0 aliphatic heterocycles. The average molecular weight is 273 g/mol. The first-order valence-electron chi connectivity index (χ1n) is 6.43. The maximum atomic E-state index is 11.9. The summed E-state index contributed by atoms with van der Waals surface area (Å²) in [6.45, 7) is 1.73. The molecule has 0 saturated heterocycles. The predicted octanol–water partition coefficient (Wildman–Crippen LogP) is 2.03. The summed E-state index contributed by atoms with van der Waals surface area (Å²) in [5.41, 5.74) is 3.03. The predicted molar refractivity (Wildman–Crippen MR) is 70.8 cm³/mol. The first kappa shape index (κ1) is 12.9. The number of fused-ring (bicyclic) bond motifs is 3. The molecule has 1 aromatic carbocycles. The Morgan fingerprint density at radius 2 is 2.20 bits per heavy atom. The van der Waals surface area contributed by atoms with Crippen LogP contribution in [0.2, 0.25) is 0 Å². The van der Waals surface area contributed by atoms with Gasteiger partial charge in [0.25, 0.3) is 0 Å². The van der Waals surface area contributed by atoms with Gasteiger partial charge in [0.15, 0.2) is 0 Å². The van der Waals surface area contributed by atoms with Crippen LogP contribution in [0.1, 0.15) is 23.0 Å². The zero-order chi connectivity index (χ0) is 14.3. The van der Waals surface area contributed by atoms with Crippen molar-refractivity contribution in [3.8, 4) is 11.3 Å². The smallest absolute Gasteiger partial charge is 0.311 e. The topological polar surface area (TPSA) is 72.6 Å². The Balaban J connectivity index is 2.22. The van der Waals surface area contributed by atoms with Gasteiger partial charge in [0, 0.05) is 5.56 Å². The van der Waals surface area contributed by atoms with Crippen molar-refractivity contribution in [3.05, 3.63) is 41.2 Å². The lowest BCUT2D eigenvalue weighted by molar-refractivity contribution is -0.149. The number of nitrogens with zero attached hydrogens (tertiary/aromatic N) is 1. The van der Waals surface area contributed by atoms with E-state index in [1.54, 1.807) is 6.92 Å². The molecule has 0 radical (unpaired) electrons. The molecule has 1 N–H and O–H groups in total. The number of aryl methyl sites for hydroxylation is 1. The first-order valence-corrected chi connectivity index (χ1v) is 6.43. The normalized spacial score (nSPS) is 20.8. The van der Waals surface area contributed by atoms with Crippen molar-refractivity contribution in [2.24, 2.45) is 5.92 Å². The molecule has 2 atom stereocenters. The molecule has 2 aromatic rings. The number of hydrogen-bond acceptors (Lipinski definition) is 5. The van der Waals surface area contributed by atoms with Crippen molar-refractivity contribution in [3.63, 3.8) is 0 Å². The molecule has 1 aromatic heterocycles. The van der Waals surface area contributed by atoms with E-state index in [-0.39, 0.29) is 0 Å². The molecule has 104 valence electrons. The zero-order valence-corrected chi connectivity index (χ0v) is 11.3. The van der Waals surface area contributed by atoms with Crippen LogP contribution in [0.5, 0.6) is 0 Å². The van der Waals surface area contributed by atoms with Crippen LogP contribution in [0.25, 0.3) is 11.3 Å². The number of benzene rings is 1. The summed E-state index contributed by atoms with van der Waals surface area (Å²) < 4.78 is 10.0. The quantitative estimate of drug-likeness (QED) is 0.805. The molecule has 1 aliphatic carbocycles. The molecule has 2 unspecified atom stereocenters. The largest absolute Gasteiger partial charge is 0.469 e. The highest BCUT2D eigenvalue weighted by atomic mass is 16.5. The van der Waals surface area contributed by atoms with Crippen LogP contribution in [0.15, 0.2) is 28.8 Å². The minimum atomic E-state index is -0.976. The van der Waals surface area contributed by atoms with Gasteiger partial charge in [0.1, 0.15) is 11.5 Å². The molecular formula is C15H15NO4. The van der Waals surface area contributed by atoms with E-state index in [0.29, 0.717) is 23.4 Å². The second-order valence-electron chi connectivity index (χ2n) is 4.94. The van der Waals surface area contributed by atoms with Gasteiger partial charge in [-0.05, 0) is 18.9 Å². The van der Waals surface area contributed by atoms with Gasteiger partial charge >= 0.3 is 5.97 Å². The number of rotatable bonds is 1. The number of carbonyl (C=O) groups excluding carboxylic acids is 1. The van der Waals surface area contributed by atoms with Crippen molar-refractivity contribution >= 4 is 5.97 Å². The van der Waals surface area contributed by atoms with Crippen LogP contribution >= 0.6 is 0 Å². The van der Waals surface area contributed by atoms with Crippen molar-refractivity contribution < 1.29 is 19.2 Å². The van der Waals surface area contributed by atoms with Gasteiger partial charge in [-0.15, -0.1) is 0 Å². The van der Waals surface area contributed by atoms with Crippen LogP contribution < -0.4 is 0 Å². The summed E-state index contributed by atoms with van der Waals surface area (Å²) >= 11 is 0. The molecular weight excluding hydrogens is 258 g/mol. The van der Waals surface area contributed by atoms with Crippen LogP contribution in [0.3, 0.4) is 0 Å². The standard InChI is InChI=1S/C15H15NO4/c1-8-12-13(16-20-8)10-6-4-3-5-9(10)7-11(14(12)17)15(18)19-2/h3-6,11,14,17H,7H2,1-2H3. The molecule has 0 bridgehead atoms. The fourth-order valence-corrected chi connectivity index (χ4v) is 2.76. The number of hydrogen-bond donors (Lipinski definition) is 1. The van der Waals surface area contributed by atoms with Crippen molar-refractivity contribution in [1.82, 2.24) is 5.16 Å². The Morgan fingerprint density at radius 1 is 1.45 bits per heavy atom. The first-order chi connectivity index (χ1) is 9.63. The molecule has 5 nitrogen and oxygen atoms in total. The van der Waals surface area contributed by atoms with E-state index in [2.05, 4.69) is 5.16 Å². The Bertz CT molecular complexity index is 662. The maximum absolute atomic E-state index is 11.9. The maximum Gasteiger partial charge on any atom is 0.311 e. The minimum Gasteiger partial charge on any atom is -0.469 e. The lowest BCUT2D eigenvalue weighted by Crippen LogP contribution is -2.25. The lowest BCUT2D eigenvalue weighted by Gasteiger charge is -2.18. The van der Waals surface area contributed by atoms with Gasteiger partial charge in [-0.3, -0.25) is 4.79 Å². The summed E-state index contributed by atoms with van der Waals surface area (Å²) in [5, 5.41) is 14.6. The Kier molecular flexibility index (Phi) is 3.06. The van der Waals surface area contributed by atoms with Gasteiger partial charge in [-0.2, -0.15) is 0 Å². The second-order valence-corrected chi connectivity index (χ2v) is 4.94. The summed E-state index contributed by atoms with van der Waals surface area (Å²) in [7, 11) is 1.33. The molecule has 1 aliphatic rings. The zero-order valence-electron chi connectivity index (χ0n) is 11.3. The van der Waals surface area contributed by atoms with E-state index < -0.39 is 18.0 Å². The molecule has 0 fully saturated rings. The van der Waals surface area contributed by atoms with Crippen molar-refractivity contribution in [2.75, 3.05) is 7.11 Å². The number of aliphatic hydroxyl groups excluding tert-OH is 1. The number of carbonyl (C=O) groups is 1. The molecule has 1 heterocycles. The van der Waals surface area contributed by atoms with Gasteiger partial charge in [-0.1, -0.05) is 29.4 Å². The van der Waals surface area contributed by atoms with Crippen molar-refractivity contribution in [2.45, 2.75) is 19.4 Å². The number of aromatic nitrogens is 1. The van der Waals surface area contributed by atoms with E-state index in [0.717, 1.165) is 11.1 Å². The summed E-state index contributed by atoms with van der Waals surface area (Å²) in [6, 6.07) is 7.65. The highest BCUT2D eigenvalue weighted by Crippen LogP contribution is 2.41. The van der Waals surface area contributed by atoms with Crippen LogP contribution in [0, 0.1) is 12.8 Å². The number of ether oxygens (including phenoxy) is 1. The van der Waals surface area contributed by atoms with Gasteiger partial charge in [-0.25, -0.2) is 0 Å². The highest BCUT2D eigenvalue weighted by Gasteiger charge is 2.37. The Labute approximate surface area is 116 Å². The van der Waals surface area contributed by atoms with Gasteiger partial charge in [0.2, 0.25) is 0 Å². The van der Waals surface area contributed by atoms with E-state index in [1.807, 2.05) is 24.3 Å². The third-order valence-electron chi connectivity index (χ3n) is 3.80. The summed E-state index contributed by atoms with van der Waals surface area (Å²) in [4.78, 5) is 11.9. The van der Waals surface area contributed by atoms with Gasteiger partial charge < -0.3 is 14.4 Å². The fourth-order valence-electron chi connectivity index (χ4n) is 2.76. The second kappa shape index (κ2) is 4.76. The fraction of sp³-hybridized carbons (Fsp3) is 0.333. The number of methoxy groups -OCH3 is 1. The summed E-state index contributed by atoms with van der Waals surface area (Å²) in [5.74, 6) is -0.556. The highest BCUT2D eigenvalue weighted by molar-refractivity contribution is 5.78. The number of esters is 1. The minimum absolute atomic E-state index is 0.416. The molecule has 20 heavy (non-hydrogen) atoms. The van der Waals surface area contributed by atoms with Crippen molar-refractivity contribution in [1.29, 1.82) is 0 Å². The SMILES string of the molecule is COC(=O)C1Cc2ccccc2-c2noc(C)c2C1O. The average Bonchev–Trinajstić information content (AvgIpc) is 2.79. The molecule has 0 saturated carbocycles. The van der Waals surface area contributed by atoms with Crippen LogP contribution in [0.4, 0.5) is 0 Å². The van der Waals surface area contributed by atoms with E-state index in [9.17, 15) is 9.90 Å². The Morgan fingerprint density at radius 3 is 2.95 bits per heavy atom. The van der Waals surface area contributed by atoms with Crippen LogP contribution in [-0.2, 0) is 16.0 Å². The van der Waals surface area contributed by atoms with E-state index in [4.69, 9.17) is 9.26 Å². The third-order valence-corrected chi connectivity index (χ3v) is 3.80. The monoisotopic (exact) mass is 273 g/mol. The van der Waals surface area contributed by atoms with E-state index in [1.165, 1.54) is 7.11 Å². The number of aliphatic hydroxyl groups is 1. The van der Waals surface area contributed by atoms with Crippen LogP contribution in [-0.4, -0.2) is 23.3 Å². The van der Waals surface area contributed by atoms with Gasteiger partial charge in [0.05, 0.1) is 24.7 Å².